The van der Waals surface area contributed by atoms with Gasteiger partial charge in [0.15, 0.2) is 0 Å². The van der Waals surface area contributed by atoms with Crippen LogP contribution >= 0.6 is 0 Å². The Hall–Kier alpha value is -0.940. The van der Waals surface area contributed by atoms with Crippen molar-refractivity contribution in [2.45, 2.75) is 37.8 Å². The molecule has 1 aliphatic carbocycles. The lowest BCUT2D eigenvalue weighted by atomic mass is 9.67. The zero-order chi connectivity index (χ0) is 14.7. The summed E-state index contributed by atoms with van der Waals surface area (Å²) in [6.07, 6.45) is 5.37. The normalized spacial score (nSPS) is 24.1. The van der Waals surface area contributed by atoms with Gasteiger partial charge in [-0.1, -0.05) is 0 Å². The molecule has 0 bridgehead atoms. The number of rotatable bonds is 7. The molecule has 1 aromatic heterocycles. The SMILES string of the molecule is FCC1(CF)CC(NCC(c2ccco2)N2CCCC2)C1. The maximum absolute atomic E-state index is 12.8. The highest BCUT2D eigenvalue weighted by Gasteiger charge is 2.44. The molecule has 0 amide bonds. The van der Waals surface area contributed by atoms with E-state index < -0.39 is 18.8 Å². The molecule has 1 aromatic rings. The van der Waals surface area contributed by atoms with Gasteiger partial charge in [0, 0.05) is 18.0 Å². The highest BCUT2D eigenvalue weighted by Crippen LogP contribution is 2.42. The van der Waals surface area contributed by atoms with Crippen molar-refractivity contribution < 1.29 is 13.2 Å². The average Bonchev–Trinajstić information content (AvgIpc) is 3.15. The number of nitrogens with one attached hydrogen (secondary N) is 1. The van der Waals surface area contributed by atoms with Gasteiger partial charge in [0.1, 0.15) is 5.76 Å². The van der Waals surface area contributed by atoms with Gasteiger partial charge in [0.2, 0.25) is 0 Å². The minimum atomic E-state index is -0.703. The first kappa shape index (κ1) is 15.0. The van der Waals surface area contributed by atoms with Gasteiger partial charge in [-0.2, -0.15) is 0 Å². The van der Waals surface area contributed by atoms with Crippen molar-refractivity contribution in [1.29, 1.82) is 0 Å². The lowest BCUT2D eigenvalue weighted by Gasteiger charge is -2.45. The van der Waals surface area contributed by atoms with Gasteiger partial charge < -0.3 is 9.73 Å². The Morgan fingerprint density at radius 3 is 2.57 bits per heavy atom. The molecule has 2 fully saturated rings. The van der Waals surface area contributed by atoms with E-state index in [1.165, 1.54) is 12.8 Å². The molecule has 0 aromatic carbocycles. The highest BCUT2D eigenvalue weighted by atomic mass is 19.1. The fourth-order valence-electron chi connectivity index (χ4n) is 3.61. The van der Waals surface area contributed by atoms with Crippen molar-refractivity contribution in [2.24, 2.45) is 5.41 Å². The van der Waals surface area contributed by atoms with Crippen LogP contribution in [0.2, 0.25) is 0 Å². The topological polar surface area (TPSA) is 28.4 Å². The predicted octanol–water partition coefficient (Wildman–Crippen LogP) is 3.09. The van der Waals surface area contributed by atoms with E-state index >= 15 is 0 Å². The maximum atomic E-state index is 12.8. The van der Waals surface area contributed by atoms with Crippen molar-refractivity contribution in [3.05, 3.63) is 24.2 Å². The molecular weight excluding hydrogens is 274 g/mol. The van der Waals surface area contributed by atoms with Crippen molar-refractivity contribution >= 4 is 0 Å². The first-order valence-electron chi connectivity index (χ1n) is 7.89. The second kappa shape index (κ2) is 6.44. The van der Waals surface area contributed by atoms with E-state index in [-0.39, 0.29) is 12.1 Å². The number of nitrogens with zero attached hydrogens (tertiary/aromatic N) is 1. The zero-order valence-corrected chi connectivity index (χ0v) is 12.4. The lowest BCUT2D eigenvalue weighted by Crippen LogP contribution is -2.52. The van der Waals surface area contributed by atoms with Crippen LogP contribution in [0.4, 0.5) is 8.78 Å². The number of halogens is 2. The molecule has 3 nitrogen and oxygen atoms in total. The highest BCUT2D eigenvalue weighted by molar-refractivity contribution is 5.07. The third-order valence-electron chi connectivity index (χ3n) is 4.98. The second-order valence-corrected chi connectivity index (χ2v) is 6.55. The molecule has 0 spiro atoms. The summed E-state index contributed by atoms with van der Waals surface area (Å²) in [5, 5.41) is 3.47. The van der Waals surface area contributed by atoms with Gasteiger partial charge in [0.05, 0.1) is 25.7 Å². The standard InChI is InChI=1S/C16H24F2N2O/c17-11-16(12-18)8-13(9-16)19-10-14(15-4-3-7-21-15)20-5-1-2-6-20/h3-4,7,13-14,19H,1-2,5-6,8-12H2. The average molecular weight is 298 g/mol. The van der Waals surface area contributed by atoms with E-state index in [0.717, 1.165) is 25.4 Å². The van der Waals surface area contributed by atoms with Gasteiger partial charge in [-0.05, 0) is 50.9 Å². The van der Waals surface area contributed by atoms with Crippen molar-refractivity contribution in [2.75, 3.05) is 33.0 Å². The Bertz CT molecular complexity index is 419. The minimum Gasteiger partial charge on any atom is -0.468 e. The van der Waals surface area contributed by atoms with Crippen LogP contribution in [0.3, 0.4) is 0 Å². The molecule has 5 heteroatoms. The molecule has 2 aliphatic rings. The van der Waals surface area contributed by atoms with Gasteiger partial charge in [-0.15, -0.1) is 0 Å². The van der Waals surface area contributed by atoms with Crippen LogP contribution in [0.1, 0.15) is 37.5 Å². The van der Waals surface area contributed by atoms with Crippen molar-refractivity contribution in [3.63, 3.8) is 0 Å². The van der Waals surface area contributed by atoms with Crippen LogP contribution in [0, 0.1) is 5.41 Å². The molecule has 1 unspecified atom stereocenters. The van der Waals surface area contributed by atoms with E-state index in [4.69, 9.17) is 4.42 Å². The second-order valence-electron chi connectivity index (χ2n) is 6.55. The first-order valence-corrected chi connectivity index (χ1v) is 7.89. The molecule has 1 N–H and O–H groups in total. The third kappa shape index (κ3) is 3.14. The van der Waals surface area contributed by atoms with Gasteiger partial charge in [-0.25, -0.2) is 0 Å². The molecule has 2 heterocycles. The van der Waals surface area contributed by atoms with Crippen LogP contribution in [-0.4, -0.2) is 43.9 Å². The van der Waals surface area contributed by atoms with Crippen LogP contribution in [0.15, 0.2) is 22.8 Å². The fraction of sp³-hybridized carbons (Fsp3) is 0.750. The first-order chi connectivity index (χ1) is 10.3. The summed E-state index contributed by atoms with van der Waals surface area (Å²) in [6.45, 7) is 1.88. The monoisotopic (exact) mass is 298 g/mol. The number of hydrogen-bond donors (Lipinski definition) is 1. The van der Waals surface area contributed by atoms with Crippen molar-refractivity contribution in [1.82, 2.24) is 10.2 Å². The van der Waals surface area contributed by atoms with E-state index in [0.29, 0.717) is 12.8 Å². The van der Waals surface area contributed by atoms with E-state index in [2.05, 4.69) is 10.2 Å². The Labute approximate surface area is 124 Å². The largest absolute Gasteiger partial charge is 0.468 e. The summed E-state index contributed by atoms with van der Waals surface area (Å²) < 4.78 is 31.3. The zero-order valence-electron chi connectivity index (χ0n) is 12.4. The summed E-state index contributed by atoms with van der Waals surface area (Å²) in [5.41, 5.74) is -0.703. The number of likely N-dealkylation sites (tertiary alicyclic amines) is 1. The van der Waals surface area contributed by atoms with Gasteiger partial charge in [0.25, 0.3) is 0 Å². The van der Waals surface area contributed by atoms with Crippen LogP contribution in [0.25, 0.3) is 0 Å². The Kier molecular flexibility index (Phi) is 4.60. The van der Waals surface area contributed by atoms with E-state index in [9.17, 15) is 8.78 Å². The summed E-state index contributed by atoms with van der Waals surface area (Å²) in [4.78, 5) is 2.43. The summed E-state index contributed by atoms with van der Waals surface area (Å²) in [6, 6.07) is 4.39. The maximum Gasteiger partial charge on any atom is 0.122 e. The van der Waals surface area contributed by atoms with Crippen LogP contribution in [0.5, 0.6) is 0 Å². The Morgan fingerprint density at radius 2 is 2.00 bits per heavy atom. The molecule has 0 radical (unpaired) electrons. The fourth-order valence-corrected chi connectivity index (χ4v) is 3.61. The van der Waals surface area contributed by atoms with Crippen LogP contribution < -0.4 is 5.32 Å². The number of furan rings is 1. The predicted molar refractivity (Wildman–Crippen MR) is 77.7 cm³/mol. The summed E-state index contributed by atoms with van der Waals surface area (Å²) in [5.74, 6) is 0.978. The molecule has 21 heavy (non-hydrogen) atoms. The van der Waals surface area contributed by atoms with E-state index in [1.807, 2.05) is 12.1 Å². The Morgan fingerprint density at radius 1 is 1.29 bits per heavy atom. The van der Waals surface area contributed by atoms with Crippen molar-refractivity contribution in [3.8, 4) is 0 Å². The number of hydrogen-bond acceptors (Lipinski definition) is 3. The molecule has 1 saturated carbocycles. The Balaban J connectivity index is 1.54. The number of alkyl halides is 2. The quantitative estimate of drug-likeness (QED) is 0.838. The smallest absolute Gasteiger partial charge is 0.122 e. The lowest BCUT2D eigenvalue weighted by molar-refractivity contribution is 0.0217. The van der Waals surface area contributed by atoms with E-state index in [1.54, 1.807) is 6.26 Å². The molecule has 1 saturated heterocycles. The minimum absolute atomic E-state index is 0.230. The summed E-state index contributed by atoms with van der Waals surface area (Å²) >= 11 is 0. The van der Waals surface area contributed by atoms with Gasteiger partial charge in [-0.3, -0.25) is 13.7 Å². The molecule has 3 rings (SSSR count). The molecule has 118 valence electrons. The third-order valence-corrected chi connectivity index (χ3v) is 4.98. The van der Waals surface area contributed by atoms with Gasteiger partial charge >= 0.3 is 0 Å². The molecule has 1 aliphatic heterocycles. The molecular formula is C16H24F2N2O. The van der Waals surface area contributed by atoms with Crippen LogP contribution in [-0.2, 0) is 0 Å². The molecule has 1 atom stereocenters. The summed E-state index contributed by atoms with van der Waals surface area (Å²) in [7, 11) is 0.